The smallest absolute Gasteiger partial charge is 0.263 e. The van der Waals surface area contributed by atoms with E-state index < -0.39 is 0 Å². The zero-order chi connectivity index (χ0) is 27.2. The van der Waals surface area contributed by atoms with Crippen LogP contribution < -0.4 is 9.47 Å². The Balaban J connectivity index is 1.23. The van der Waals surface area contributed by atoms with Crippen molar-refractivity contribution < 1.29 is 4.57 Å². The minimum Gasteiger partial charge on any atom is -0.335 e. The van der Waals surface area contributed by atoms with E-state index in [9.17, 15) is 0 Å². The van der Waals surface area contributed by atoms with Crippen LogP contribution in [-0.4, -0.2) is 6.54 Å². The lowest BCUT2D eigenvalue weighted by Gasteiger charge is -2.22. The molecule has 7 rings (SSSR count). The molecule has 2 aromatic heterocycles. The van der Waals surface area contributed by atoms with Crippen molar-refractivity contribution in [3.05, 3.63) is 105 Å². The Morgan fingerprint density at radius 3 is 2.70 bits per heavy atom. The number of nitrogens with zero attached hydrogens (tertiary/aromatic N) is 2. The van der Waals surface area contributed by atoms with Crippen LogP contribution in [0.2, 0.25) is 0 Å². The SMILES string of the molecule is CCN1/C(=C/C2=CC(=C\c3sc4ccccc4[n+]3CC)/CC(C)C2)Sc2ccc(-c3cccc4sccc34)cc21. The van der Waals surface area contributed by atoms with Crippen molar-refractivity contribution in [1.82, 2.24) is 0 Å². The first-order valence-corrected chi connectivity index (χ1v) is 16.7. The molecule has 1 aliphatic carbocycles. The Bertz CT molecular complexity index is 1830. The van der Waals surface area contributed by atoms with Gasteiger partial charge in [0, 0.05) is 33.7 Å². The van der Waals surface area contributed by atoms with Gasteiger partial charge in [0.15, 0.2) is 0 Å². The third-order valence-electron chi connectivity index (χ3n) is 7.96. The molecule has 0 radical (unpaired) electrons. The van der Waals surface area contributed by atoms with Crippen molar-refractivity contribution in [1.29, 1.82) is 0 Å². The number of thiophene rings is 1. The van der Waals surface area contributed by atoms with E-state index in [1.165, 1.54) is 63.2 Å². The lowest BCUT2D eigenvalue weighted by atomic mass is 9.87. The summed E-state index contributed by atoms with van der Waals surface area (Å²) in [5.74, 6) is 0.633. The van der Waals surface area contributed by atoms with Gasteiger partial charge in [-0.05, 0) is 96.7 Å². The normalized spacial score (nSPS) is 19.2. The maximum atomic E-state index is 2.50. The number of para-hydroxylation sites is 1. The Morgan fingerprint density at radius 1 is 0.950 bits per heavy atom. The summed E-state index contributed by atoms with van der Waals surface area (Å²) in [6.45, 7) is 8.86. The number of allylic oxidation sites excluding steroid dienone is 4. The van der Waals surface area contributed by atoms with Crippen molar-refractivity contribution in [2.45, 2.75) is 45.1 Å². The monoisotopic (exact) mass is 577 g/mol. The third kappa shape index (κ3) is 4.64. The largest absolute Gasteiger partial charge is 0.335 e. The van der Waals surface area contributed by atoms with Gasteiger partial charge in [-0.1, -0.05) is 66.4 Å². The molecule has 40 heavy (non-hydrogen) atoms. The van der Waals surface area contributed by atoms with E-state index in [0.29, 0.717) is 5.92 Å². The van der Waals surface area contributed by atoms with Crippen molar-refractivity contribution in [2.24, 2.45) is 5.92 Å². The van der Waals surface area contributed by atoms with Crippen LogP contribution in [0.5, 0.6) is 0 Å². The molecule has 0 saturated carbocycles. The minimum absolute atomic E-state index is 0.633. The van der Waals surface area contributed by atoms with Gasteiger partial charge in [-0.3, -0.25) is 0 Å². The lowest BCUT2D eigenvalue weighted by Crippen LogP contribution is -2.33. The van der Waals surface area contributed by atoms with Crippen molar-refractivity contribution in [2.75, 3.05) is 11.4 Å². The fourth-order valence-electron chi connectivity index (χ4n) is 6.19. The molecule has 1 atom stereocenters. The Labute approximate surface area is 249 Å². The van der Waals surface area contributed by atoms with Crippen LogP contribution in [0, 0.1) is 5.92 Å². The van der Waals surface area contributed by atoms with E-state index in [1.54, 1.807) is 0 Å². The molecule has 2 aliphatic rings. The van der Waals surface area contributed by atoms with Crippen LogP contribution in [-0.2, 0) is 6.54 Å². The van der Waals surface area contributed by atoms with Gasteiger partial charge >= 0.3 is 0 Å². The van der Waals surface area contributed by atoms with Crippen LogP contribution in [0.3, 0.4) is 0 Å². The van der Waals surface area contributed by atoms with Crippen LogP contribution in [0.15, 0.2) is 105 Å². The molecule has 1 aliphatic heterocycles. The van der Waals surface area contributed by atoms with Crippen LogP contribution in [0.1, 0.15) is 38.6 Å². The van der Waals surface area contributed by atoms with E-state index in [0.717, 1.165) is 25.9 Å². The molecule has 0 bridgehead atoms. The number of hydrogen-bond donors (Lipinski definition) is 0. The Hall–Kier alpha value is -3.12. The number of benzene rings is 3. The maximum Gasteiger partial charge on any atom is 0.263 e. The highest BCUT2D eigenvalue weighted by Crippen LogP contribution is 2.48. The molecule has 1 unspecified atom stereocenters. The summed E-state index contributed by atoms with van der Waals surface area (Å²) in [5, 5.41) is 6.23. The summed E-state index contributed by atoms with van der Waals surface area (Å²) in [7, 11) is 0. The van der Waals surface area contributed by atoms with Gasteiger partial charge in [0.05, 0.1) is 10.7 Å². The third-order valence-corrected chi connectivity index (χ3v) is 11.1. The van der Waals surface area contributed by atoms with E-state index >= 15 is 0 Å². The average molecular weight is 578 g/mol. The van der Waals surface area contributed by atoms with Crippen molar-refractivity contribution in [3.63, 3.8) is 0 Å². The predicted molar refractivity (Wildman–Crippen MR) is 176 cm³/mol. The molecule has 5 heteroatoms. The van der Waals surface area contributed by atoms with Gasteiger partial charge in [0.2, 0.25) is 5.52 Å². The van der Waals surface area contributed by atoms with Crippen molar-refractivity contribution in [3.8, 4) is 11.1 Å². The molecule has 0 fully saturated rings. The van der Waals surface area contributed by atoms with Crippen LogP contribution >= 0.6 is 34.4 Å². The molecule has 5 aromatic rings. The van der Waals surface area contributed by atoms with Crippen molar-refractivity contribution >= 4 is 66.5 Å². The number of aromatic nitrogens is 1. The first kappa shape index (κ1) is 25.8. The quantitative estimate of drug-likeness (QED) is 0.192. The van der Waals surface area contributed by atoms with Gasteiger partial charge in [-0.15, -0.1) is 11.3 Å². The number of thioether (sulfide) groups is 1. The lowest BCUT2D eigenvalue weighted by molar-refractivity contribution is -0.665. The molecule has 0 N–H and O–H groups in total. The number of thiazole rings is 1. The number of hydrogen-bond acceptors (Lipinski definition) is 4. The number of fused-ring (bicyclic) bond motifs is 3. The molecule has 0 saturated heterocycles. The second-order valence-electron chi connectivity index (χ2n) is 10.8. The summed E-state index contributed by atoms with van der Waals surface area (Å²) in [5.41, 5.74) is 8.17. The van der Waals surface area contributed by atoms with E-state index in [1.807, 2.05) is 34.4 Å². The van der Waals surface area contributed by atoms with E-state index in [4.69, 9.17) is 0 Å². The number of rotatable bonds is 5. The number of anilines is 1. The summed E-state index contributed by atoms with van der Waals surface area (Å²) in [6.07, 6.45) is 9.61. The van der Waals surface area contributed by atoms with Crippen LogP contribution in [0.25, 0.3) is 37.5 Å². The van der Waals surface area contributed by atoms with Gasteiger partial charge < -0.3 is 4.90 Å². The maximum absolute atomic E-state index is 2.50. The van der Waals surface area contributed by atoms with Gasteiger partial charge in [0.1, 0.15) is 11.2 Å². The highest BCUT2D eigenvalue weighted by molar-refractivity contribution is 8.03. The molecule has 200 valence electrons. The molecular weight excluding hydrogens is 545 g/mol. The summed E-state index contributed by atoms with van der Waals surface area (Å²) < 4.78 is 5.16. The Morgan fingerprint density at radius 2 is 1.82 bits per heavy atom. The van der Waals surface area contributed by atoms with Gasteiger partial charge in [-0.25, -0.2) is 0 Å². The van der Waals surface area contributed by atoms with Gasteiger partial charge in [0.25, 0.3) is 5.01 Å². The topological polar surface area (TPSA) is 7.12 Å². The molecular formula is C35H33N2S3+. The summed E-state index contributed by atoms with van der Waals surface area (Å²) in [6, 6.07) is 24.7. The molecule has 0 amide bonds. The first-order valence-electron chi connectivity index (χ1n) is 14.2. The van der Waals surface area contributed by atoms with E-state index in [-0.39, 0.29) is 0 Å². The first-order chi connectivity index (χ1) is 19.6. The van der Waals surface area contributed by atoms with Gasteiger partial charge in [-0.2, -0.15) is 4.57 Å². The highest BCUT2D eigenvalue weighted by Gasteiger charge is 2.26. The predicted octanol–water partition coefficient (Wildman–Crippen LogP) is 10.3. The molecule has 3 aromatic carbocycles. The fraction of sp³-hybridized carbons (Fsp3) is 0.229. The summed E-state index contributed by atoms with van der Waals surface area (Å²) in [4.78, 5) is 3.85. The highest BCUT2D eigenvalue weighted by atomic mass is 32.2. The zero-order valence-electron chi connectivity index (χ0n) is 23.2. The number of aryl methyl sites for hydroxylation is 1. The summed E-state index contributed by atoms with van der Waals surface area (Å²) >= 11 is 5.63. The average Bonchev–Trinajstić information content (AvgIpc) is 3.66. The van der Waals surface area contributed by atoms with E-state index in [2.05, 4.69) is 121 Å². The second kappa shape index (κ2) is 10.7. The molecule has 2 nitrogen and oxygen atoms in total. The zero-order valence-corrected chi connectivity index (χ0v) is 25.6. The fourth-order valence-corrected chi connectivity index (χ4v) is 9.38. The standard InChI is InChI=1S/C35H33N2S3/c1-4-36-29-10-6-7-11-32(29)39-34(36)20-24-17-23(3)18-25(19-24)21-35-37(5-2)30-22-26(13-14-33(30)40-35)27-9-8-12-31-28(27)15-16-38-31/h6-16,19-23H,4-5,17-18H2,1-3H3/q+1. The molecule has 0 spiro atoms. The molecule has 3 heterocycles. The minimum atomic E-state index is 0.633. The second-order valence-corrected chi connectivity index (χ2v) is 13.8. The van der Waals surface area contributed by atoms with Crippen LogP contribution in [0.4, 0.5) is 5.69 Å². The Kier molecular flexibility index (Phi) is 6.91.